The molecule has 3 amide bonds. The smallest absolute Gasteiger partial charge is 0.419 e. The van der Waals surface area contributed by atoms with Crippen molar-refractivity contribution in [3.63, 3.8) is 0 Å². The minimum atomic E-state index is -0.570. The van der Waals surface area contributed by atoms with Gasteiger partial charge in [-0.05, 0) is 81.5 Å². The van der Waals surface area contributed by atoms with E-state index in [9.17, 15) is 24.0 Å². The third-order valence-corrected chi connectivity index (χ3v) is 8.49. The number of Topliss-reactive ketones (excluding diaryl/α,β-unsaturated/α-hetero) is 1. The maximum atomic E-state index is 12.8. The highest BCUT2D eigenvalue weighted by atomic mass is 16.6. The predicted molar refractivity (Wildman–Crippen MR) is 201 cm³/mol. The van der Waals surface area contributed by atoms with Crippen molar-refractivity contribution in [3.05, 3.63) is 105 Å². The predicted octanol–water partition coefficient (Wildman–Crippen LogP) is 5.08. The summed E-state index contributed by atoms with van der Waals surface area (Å²) >= 11 is 0. The van der Waals surface area contributed by atoms with Gasteiger partial charge in [0, 0.05) is 32.2 Å². The number of urea groups is 1. The molecule has 288 valence electrons. The van der Waals surface area contributed by atoms with E-state index in [1.807, 2.05) is 41.3 Å². The fraction of sp³-hybridized carbons (Fsp3) is 0.410. The van der Waals surface area contributed by atoms with Gasteiger partial charge in [-0.2, -0.15) is 0 Å². The van der Waals surface area contributed by atoms with Crippen LogP contribution < -0.4 is 22.1 Å². The van der Waals surface area contributed by atoms with Gasteiger partial charge in [0.05, 0.1) is 36.9 Å². The van der Waals surface area contributed by atoms with E-state index in [-0.39, 0.29) is 37.6 Å². The highest BCUT2D eigenvalue weighted by Gasteiger charge is 2.29. The first-order valence-electron chi connectivity index (χ1n) is 17.8. The first-order chi connectivity index (χ1) is 25.9. The van der Waals surface area contributed by atoms with Gasteiger partial charge in [-0.1, -0.05) is 36.4 Å². The van der Waals surface area contributed by atoms with Gasteiger partial charge in [0.2, 0.25) is 0 Å². The molecule has 5 aromatic rings. The number of oxazole rings is 2. The van der Waals surface area contributed by atoms with Crippen LogP contribution in [0, 0.1) is 0 Å². The number of aryl methyl sites for hydroxylation is 2. The van der Waals surface area contributed by atoms with Crippen LogP contribution in [0.15, 0.2) is 85.2 Å². The van der Waals surface area contributed by atoms with E-state index in [4.69, 9.17) is 23.0 Å². The maximum absolute atomic E-state index is 12.8. The second-order valence-electron chi connectivity index (χ2n) is 13.7. The van der Waals surface area contributed by atoms with Crippen molar-refractivity contribution in [1.82, 2.24) is 25.1 Å². The van der Waals surface area contributed by atoms with Crippen molar-refractivity contribution >= 4 is 40.1 Å². The number of aromatic amines is 1. The number of benzene rings is 3. The van der Waals surface area contributed by atoms with Crippen LogP contribution in [0.5, 0.6) is 0 Å². The number of carbonyl (C=O) groups is 3. The monoisotopic (exact) mass is 745 g/mol. The van der Waals surface area contributed by atoms with E-state index in [1.165, 1.54) is 16.2 Å². The van der Waals surface area contributed by atoms with Crippen LogP contribution in [-0.4, -0.2) is 84.0 Å². The van der Waals surface area contributed by atoms with E-state index in [2.05, 4.69) is 27.8 Å². The number of unbranched alkanes of at least 4 members (excludes halogenated alkanes) is 1. The number of rotatable bonds is 12. The lowest BCUT2D eigenvalue weighted by Gasteiger charge is -2.35. The van der Waals surface area contributed by atoms with Crippen molar-refractivity contribution < 1.29 is 37.4 Å². The van der Waals surface area contributed by atoms with Crippen LogP contribution >= 0.6 is 0 Å². The zero-order valence-electron chi connectivity index (χ0n) is 31.0. The largest absolute Gasteiger partial charge is 0.444 e. The summed E-state index contributed by atoms with van der Waals surface area (Å²) in [5.74, 6) is -1.22. The van der Waals surface area contributed by atoms with Gasteiger partial charge in [-0.15, -0.1) is 0 Å². The van der Waals surface area contributed by atoms with Gasteiger partial charge in [-0.3, -0.25) is 14.3 Å². The Labute approximate surface area is 311 Å². The number of hydrogen-bond donors (Lipinski definition) is 3. The van der Waals surface area contributed by atoms with Crippen LogP contribution in [0.1, 0.15) is 61.1 Å². The Morgan fingerprint density at radius 3 is 2.50 bits per heavy atom. The Balaban J connectivity index is 0.000000213. The lowest BCUT2D eigenvalue weighted by Crippen LogP contribution is -2.48. The number of morpholine rings is 1. The molecular weight excluding hydrogens is 698 g/mol. The van der Waals surface area contributed by atoms with Gasteiger partial charge in [0.15, 0.2) is 16.9 Å². The minimum absolute atomic E-state index is 0.0855. The number of aromatic nitrogens is 2. The number of fused-ring (bicyclic) bond motifs is 2. The molecule has 2 aromatic heterocycles. The molecule has 15 heteroatoms. The Bertz CT molecular complexity index is 2140. The topological polar surface area (TPSA) is 187 Å². The Hall–Kier alpha value is -5.67. The van der Waals surface area contributed by atoms with Crippen LogP contribution in [0.2, 0.25) is 0 Å². The first-order valence-corrected chi connectivity index (χ1v) is 17.8. The Morgan fingerprint density at radius 2 is 1.72 bits per heavy atom. The van der Waals surface area contributed by atoms with Crippen molar-refractivity contribution in [2.45, 2.75) is 51.7 Å². The molecule has 1 atom stereocenters. The number of H-pyrrole nitrogens is 1. The number of carbonyl (C=O) groups excluding carboxylic acids is 3. The average Bonchev–Trinajstić information content (AvgIpc) is 3.66. The molecular formula is C39H47N5O10. The van der Waals surface area contributed by atoms with E-state index in [0.717, 1.165) is 30.3 Å². The van der Waals surface area contributed by atoms with Crippen molar-refractivity contribution in [2.75, 3.05) is 46.1 Å². The molecule has 0 bridgehead atoms. The van der Waals surface area contributed by atoms with Crippen molar-refractivity contribution in [1.29, 1.82) is 0 Å². The SMILES string of the molecule is CC(C)(C)OC(=O)NCCOCC(=O)c1ccc2[nH]c(=O)oc2c1.Cn1c(=O)oc2cc(C3COCCN3C(=O)NCCCCc3ccccc3)ccc21. The number of amides is 3. The molecule has 0 spiro atoms. The second-order valence-corrected chi connectivity index (χ2v) is 13.7. The molecule has 1 fully saturated rings. The molecule has 0 saturated carbocycles. The number of nitrogens with zero attached hydrogens (tertiary/aromatic N) is 2. The summed E-state index contributed by atoms with van der Waals surface area (Å²) in [4.78, 5) is 63.4. The molecule has 15 nitrogen and oxygen atoms in total. The molecule has 3 N–H and O–H groups in total. The molecule has 3 heterocycles. The van der Waals surface area contributed by atoms with E-state index >= 15 is 0 Å². The number of ether oxygens (including phenoxy) is 3. The average molecular weight is 746 g/mol. The molecule has 1 saturated heterocycles. The number of alkyl carbamates (subject to hydrolysis) is 1. The van der Waals surface area contributed by atoms with Crippen LogP contribution in [0.25, 0.3) is 22.2 Å². The molecule has 1 unspecified atom stereocenters. The van der Waals surface area contributed by atoms with E-state index < -0.39 is 23.2 Å². The molecule has 3 aromatic carbocycles. The lowest BCUT2D eigenvalue weighted by molar-refractivity contribution is 0.0117. The standard InChI is InChI=1S/C23H27N3O4.C16H20N2O6/c1-25-19-11-10-18(15-21(19)30-23(25)28)20-16-29-14-13-26(20)22(27)24-12-6-5-9-17-7-3-2-4-8-17;1-16(2,3)24-14(20)17-6-7-22-9-12(19)10-4-5-11-13(8-10)23-15(21)18-11/h2-4,7-8,10-11,15,20H,5-6,9,12-14,16H2,1H3,(H,24,27);4-5,8H,6-7,9H2,1-3H3,(H,17,20)(H,18,21). The van der Waals surface area contributed by atoms with E-state index in [0.29, 0.717) is 48.5 Å². The highest BCUT2D eigenvalue weighted by molar-refractivity contribution is 5.99. The quantitative estimate of drug-likeness (QED) is 0.115. The van der Waals surface area contributed by atoms with Gasteiger partial charge in [-0.25, -0.2) is 19.2 Å². The van der Waals surface area contributed by atoms with Crippen molar-refractivity contribution in [3.8, 4) is 0 Å². The Morgan fingerprint density at radius 1 is 0.926 bits per heavy atom. The zero-order chi connectivity index (χ0) is 38.7. The molecule has 0 aliphatic carbocycles. The molecule has 0 radical (unpaired) electrons. The normalized spacial score (nSPS) is 14.4. The summed E-state index contributed by atoms with van der Waals surface area (Å²) in [6.07, 6.45) is 2.43. The minimum Gasteiger partial charge on any atom is -0.444 e. The number of ketones is 1. The van der Waals surface area contributed by atoms with Gasteiger partial charge in [0.25, 0.3) is 0 Å². The molecule has 6 rings (SSSR count). The zero-order valence-corrected chi connectivity index (χ0v) is 31.0. The van der Waals surface area contributed by atoms with E-state index in [1.54, 1.807) is 40.0 Å². The molecule has 54 heavy (non-hydrogen) atoms. The molecule has 1 aliphatic rings. The fourth-order valence-corrected chi connectivity index (χ4v) is 5.78. The fourth-order valence-electron chi connectivity index (χ4n) is 5.78. The van der Waals surface area contributed by atoms with Crippen LogP contribution in [0.3, 0.4) is 0 Å². The number of nitrogens with one attached hydrogen (secondary N) is 3. The first kappa shape index (κ1) is 39.5. The molecule has 1 aliphatic heterocycles. The lowest BCUT2D eigenvalue weighted by atomic mass is 10.0. The number of hydrogen-bond acceptors (Lipinski definition) is 10. The summed E-state index contributed by atoms with van der Waals surface area (Å²) < 4.78 is 27.6. The van der Waals surface area contributed by atoms with Crippen molar-refractivity contribution in [2.24, 2.45) is 7.05 Å². The van der Waals surface area contributed by atoms with Gasteiger partial charge >= 0.3 is 23.6 Å². The Kier molecular flexibility index (Phi) is 13.5. The summed E-state index contributed by atoms with van der Waals surface area (Å²) in [6, 6.07) is 20.3. The highest BCUT2D eigenvalue weighted by Crippen LogP contribution is 2.27. The second kappa shape index (κ2) is 18.4. The summed E-state index contributed by atoms with van der Waals surface area (Å²) in [5, 5.41) is 5.57. The van der Waals surface area contributed by atoms with Gasteiger partial charge < -0.3 is 38.6 Å². The van der Waals surface area contributed by atoms with Crippen LogP contribution in [-0.2, 0) is 27.7 Å². The van der Waals surface area contributed by atoms with Gasteiger partial charge in [0.1, 0.15) is 12.2 Å². The summed E-state index contributed by atoms with van der Waals surface area (Å²) in [6.45, 7) is 7.67. The summed E-state index contributed by atoms with van der Waals surface area (Å²) in [5.41, 5.74) is 4.13. The third kappa shape index (κ3) is 11.2. The van der Waals surface area contributed by atoms with Crippen LogP contribution in [0.4, 0.5) is 9.59 Å². The summed E-state index contributed by atoms with van der Waals surface area (Å²) in [7, 11) is 1.68. The maximum Gasteiger partial charge on any atom is 0.419 e. The third-order valence-electron chi connectivity index (χ3n) is 8.49.